The van der Waals surface area contributed by atoms with Crippen molar-refractivity contribution in [1.82, 2.24) is 4.72 Å². The molecule has 122 valence electrons. The zero-order valence-corrected chi connectivity index (χ0v) is 13.3. The lowest BCUT2D eigenvalue weighted by Crippen LogP contribution is -2.42. The first-order valence-corrected chi connectivity index (χ1v) is 8.33. The fourth-order valence-corrected chi connectivity index (χ4v) is 3.27. The highest BCUT2D eigenvalue weighted by Gasteiger charge is 2.30. The van der Waals surface area contributed by atoms with Crippen molar-refractivity contribution in [2.45, 2.75) is 24.3 Å². The van der Waals surface area contributed by atoms with Gasteiger partial charge in [-0.3, -0.25) is 14.9 Å². The molecule has 1 aromatic carbocycles. The van der Waals surface area contributed by atoms with Crippen LogP contribution in [0.2, 0.25) is 0 Å². The zero-order chi connectivity index (χ0) is 16.8. The van der Waals surface area contributed by atoms with Gasteiger partial charge in [0.15, 0.2) is 4.90 Å². The topological polar surface area (TPSA) is 116 Å². The van der Waals surface area contributed by atoms with E-state index in [1.165, 1.54) is 12.1 Å². The molecule has 1 N–H and O–H groups in total. The number of alkyl halides is 1. The minimum absolute atomic E-state index is 0.000248. The molecule has 0 saturated heterocycles. The minimum Gasteiger partial charge on any atom is -0.465 e. The molecule has 0 bridgehead atoms. The Bertz CT molecular complexity index is 649. The summed E-state index contributed by atoms with van der Waals surface area (Å²) in [6, 6.07) is 3.64. The Kier molecular flexibility index (Phi) is 6.72. The van der Waals surface area contributed by atoms with Crippen LogP contribution in [0.5, 0.6) is 0 Å². The summed E-state index contributed by atoms with van der Waals surface area (Å²) >= 11 is 5.55. The second-order valence-corrected chi connectivity index (χ2v) is 6.19. The number of halogens is 1. The molecule has 8 nitrogen and oxygen atoms in total. The number of para-hydroxylation sites is 1. The van der Waals surface area contributed by atoms with Gasteiger partial charge in [-0.15, -0.1) is 11.6 Å². The fourth-order valence-electron chi connectivity index (χ4n) is 1.66. The molecule has 0 amide bonds. The van der Waals surface area contributed by atoms with Crippen molar-refractivity contribution in [2.24, 2.45) is 0 Å². The van der Waals surface area contributed by atoms with Crippen molar-refractivity contribution in [2.75, 3.05) is 12.5 Å². The van der Waals surface area contributed by atoms with Crippen molar-refractivity contribution < 1.29 is 22.9 Å². The maximum atomic E-state index is 12.3. The molecular formula is C12H15ClN2O6S. The van der Waals surface area contributed by atoms with Gasteiger partial charge in [0.2, 0.25) is 10.0 Å². The van der Waals surface area contributed by atoms with Crippen LogP contribution in [0.3, 0.4) is 0 Å². The van der Waals surface area contributed by atoms with Crippen LogP contribution in [0.1, 0.15) is 13.3 Å². The Balaban J connectivity index is 3.13. The average molecular weight is 351 g/mol. The first-order valence-electron chi connectivity index (χ1n) is 6.31. The van der Waals surface area contributed by atoms with Gasteiger partial charge < -0.3 is 4.74 Å². The first kappa shape index (κ1) is 18.3. The summed E-state index contributed by atoms with van der Waals surface area (Å²) < 4.78 is 31.4. The van der Waals surface area contributed by atoms with Gasteiger partial charge in [-0.25, -0.2) is 8.42 Å². The number of hydrogen-bond acceptors (Lipinski definition) is 6. The summed E-state index contributed by atoms with van der Waals surface area (Å²) in [5.41, 5.74) is -0.580. The van der Waals surface area contributed by atoms with E-state index in [2.05, 4.69) is 4.72 Å². The number of carbonyl (C=O) groups is 1. The quantitative estimate of drug-likeness (QED) is 0.328. The van der Waals surface area contributed by atoms with Crippen molar-refractivity contribution >= 4 is 33.3 Å². The summed E-state index contributed by atoms with van der Waals surface area (Å²) in [6.07, 6.45) is 0.000248. The number of benzene rings is 1. The van der Waals surface area contributed by atoms with Crippen LogP contribution < -0.4 is 4.72 Å². The summed E-state index contributed by atoms with van der Waals surface area (Å²) in [5.74, 6) is -0.770. The molecule has 22 heavy (non-hydrogen) atoms. The predicted molar refractivity (Wildman–Crippen MR) is 79.2 cm³/mol. The first-order chi connectivity index (χ1) is 10.3. The van der Waals surface area contributed by atoms with Gasteiger partial charge in [-0.1, -0.05) is 12.1 Å². The zero-order valence-electron chi connectivity index (χ0n) is 11.7. The number of sulfonamides is 1. The monoisotopic (exact) mass is 350 g/mol. The molecule has 1 atom stereocenters. The molecule has 1 rings (SSSR count). The number of hydrogen-bond donors (Lipinski definition) is 1. The molecule has 0 heterocycles. The van der Waals surface area contributed by atoms with Gasteiger partial charge in [0.05, 0.1) is 11.5 Å². The number of esters is 1. The lowest BCUT2D eigenvalue weighted by Gasteiger charge is -2.16. The molecule has 0 aromatic heterocycles. The second-order valence-electron chi connectivity index (χ2n) is 4.13. The molecule has 0 aliphatic carbocycles. The van der Waals surface area contributed by atoms with Gasteiger partial charge in [-0.05, 0) is 19.4 Å². The molecule has 0 aliphatic rings. The summed E-state index contributed by atoms with van der Waals surface area (Å²) in [7, 11) is -4.27. The standard InChI is InChI=1S/C12H15ClN2O6S/c1-2-21-12(16)9(7-8-13)14-22(19,20)11-6-4-3-5-10(11)15(17)18/h3-6,9,14H,2,7-8H2,1H3/t9-/m0/s1. The molecule has 0 fully saturated rings. The SMILES string of the molecule is CCOC(=O)[C@H](CCCl)NS(=O)(=O)c1ccccc1[N+](=O)[O-]. The van der Waals surface area contributed by atoms with Crippen LogP contribution in [-0.2, 0) is 19.6 Å². The normalized spacial score (nSPS) is 12.6. The summed E-state index contributed by atoms with van der Waals surface area (Å²) in [4.78, 5) is 21.3. The van der Waals surface area contributed by atoms with Crippen LogP contribution in [0.4, 0.5) is 5.69 Å². The molecule has 0 spiro atoms. The Morgan fingerprint density at radius 2 is 2.09 bits per heavy atom. The molecule has 10 heteroatoms. The largest absolute Gasteiger partial charge is 0.465 e. The fraction of sp³-hybridized carbons (Fsp3) is 0.417. The number of carbonyl (C=O) groups excluding carboxylic acids is 1. The molecular weight excluding hydrogens is 336 g/mol. The number of ether oxygens (including phenoxy) is 1. The lowest BCUT2D eigenvalue weighted by molar-refractivity contribution is -0.387. The van der Waals surface area contributed by atoms with E-state index < -0.39 is 37.5 Å². The van der Waals surface area contributed by atoms with Crippen LogP contribution >= 0.6 is 11.6 Å². The Labute approximate surface area is 132 Å². The number of nitrogens with zero attached hydrogens (tertiary/aromatic N) is 1. The summed E-state index contributed by atoms with van der Waals surface area (Å²) in [6.45, 7) is 1.65. The number of rotatable bonds is 8. The van der Waals surface area contributed by atoms with Crippen molar-refractivity contribution in [3.63, 3.8) is 0 Å². The second kappa shape index (κ2) is 8.06. The van der Waals surface area contributed by atoms with Gasteiger partial charge in [-0.2, -0.15) is 4.72 Å². The third-order valence-electron chi connectivity index (χ3n) is 2.62. The maximum Gasteiger partial charge on any atom is 0.324 e. The maximum absolute atomic E-state index is 12.3. The van der Waals surface area contributed by atoms with Crippen molar-refractivity contribution in [3.05, 3.63) is 34.4 Å². The predicted octanol–water partition coefficient (Wildman–Crippen LogP) is 1.43. The summed E-state index contributed by atoms with van der Waals surface area (Å²) in [5, 5.41) is 10.9. The third kappa shape index (κ3) is 4.65. The van der Waals surface area contributed by atoms with E-state index >= 15 is 0 Å². The Morgan fingerprint density at radius 3 is 2.64 bits per heavy atom. The van der Waals surface area contributed by atoms with E-state index in [4.69, 9.17) is 16.3 Å². The average Bonchev–Trinajstić information content (AvgIpc) is 2.47. The molecule has 1 aromatic rings. The van der Waals surface area contributed by atoms with Crippen LogP contribution in [0.15, 0.2) is 29.2 Å². The molecule has 0 saturated carbocycles. The number of nitro benzene ring substituents is 1. The van der Waals surface area contributed by atoms with Crippen LogP contribution in [0.25, 0.3) is 0 Å². The number of nitro groups is 1. The lowest BCUT2D eigenvalue weighted by atomic mass is 10.2. The van der Waals surface area contributed by atoms with Crippen LogP contribution in [-0.4, -0.2) is 37.8 Å². The molecule has 0 radical (unpaired) electrons. The number of nitrogens with one attached hydrogen (secondary N) is 1. The van der Waals surface area contributed by atoms with E-state index in [0.29, 0.717) is 0 Å². The van der Waals surface area contributed by atoms with Crippen LogP contribution in [0, 0.1) is 10.1 Å². The van der Waals surface area contributed by atoms with Gasteiger partial charge >= 0.3 is 5.97 Å². The highest BCUT2D eigenvalue weighted by Crippen LogP contribution is 2.23. The molecule has 0 unspecified atom stereocenters. The van der Waals surface area contributed by atoms with E-state index in [0.717, 1.165) is 12.1 Å². The van der Waals surface area contributed by atoms with Gasteiger partial charge in [0, 0.05) is 11.9 Å². The van der Waals surface area contributed by atoms with E-state index in [1.54, 1.807) is 6.92 Å². The Morgan fingerprint density at radius 1 is 1.45 bits per heavy atom. The highest BCUT2D eigenvalue weighted by atomic mass is 35.5. The van der Waals surface area contributed by atoms with E-state index in [1.807, 2.05) is 0 Å². The van der Waals surface area contributed by atoms with Crippen molar-refractivity contribution in [3.8, 4) is 0 Å². The van der Waals surface area contributed by atoms with Gasteiger partial charge in [0.25, 0.3) is 5.69 Å². The Hall–Kier alpha value is -1.71. The van der Waals surface area contributed by atoms with Crippen molar-refractivity contribution in [1.29, 1.82) is 0 Å². The molecule has 0 aliphatic heterocycles. The minimum atomic E-state index is -4.27. The third-order valence-corrected chi connectivity index (χ3v) is 4.36. The van der Waals surface area contributed by atoms with E-state index in [9.17, 15) is 23.3 Å². The highest BCUT2D eigenvalue weighted by molar-refractivity contribution is 7.89. The van der Waals surface area contributed by atoms with E-state index in [-0.39, 0.29) is 18.9 Å². The van der Waals surface area contributed by atoms with Gasteiger partial charge in [0.1, 0.15) is 6.04 Å². The smallest absolute Gasteiger partial charge is 0.324 e.